The average Bonchev–Trinajstić information content (AvgIpc) is 2.66. The van der Waals surface area contributed by atoms with Crippen LogP contribution in [0.1, 0.15) is 32.8 Å². The number of carbonyl (C=O) groups excluding carboxylic acids is 2. The fraction of sp³-hybridized carbons (Fsp3) is 0.300. The van der Waals surface area contributed by atoms with Gasteiger partial charge in [-0.2, -0.15) is 36.3 Å². The van der Waals surface area contributed by atoms with Crippen LogP contribution in [0.5, 0.6) is 0 Å². The van der Waals surface area contributed by atoms with E-state index >= 15 is 0 Å². The van der Waals surface area contributed by atoms with Crippen LogP contribution in [-0.2, 0) is 9.59 Å². The molecule has 0 heterocycles. The molecule has 0 amide bonds. The van der Waals surface area contributed by atoms with E-state index in [1.54, 1.807) is 0 Å². The minimum atomic E-state index is -5.25. The van der Waals surface area contributed by atoms with Crippen molar-refractivity contribution in [3.8, 4) is 0 Å². The molecule has 0 aliphatic heterocycles. The van der Waals surface area contributed by atoms with Gasteiger partial charge in [-0.05, 0) is 60.4 Å². The summed E-state index contributed by atoms with van der Waals surface area (Å²) in [7, 11) is 0. The number of benzene rings is 2. The van der Waals surface area contributed by atoms with E-state index in [9.17, 15) is 44.7 Å². The van der Waals surface area contributed by atoms with Crippen molar-refractivity contribution in [3.05, 3.63) is 58.2 Å². The van der Waals surface area contributed by atoms with Crippen molar-refractivity contribution in [2.24, 2.45) is 9.98 Å². The Morgan fingerprint density at radius 3 is 1.33 bits per heavy atom. The van der Waals surface area contributed by atoms with Crippen molar-refractivity contribution in [3.63, 3.8) is 0 Å². The summed E-state index contributed by atoms with van der Waals surface area (Å²) in [4.78, 5) is 26.8. The summed E-state index contributed by atoms with van der Waals surface area (Å²) >= 11 is -0.572. The number of nitrogens with zero attached hydrogens (tertiary/aromatic N) is 2. The Bertz CT molecular complexity index is 1060. The second kappa shape index (κ2) is 9.86. The van der Waals surface area contributed by atoms with Gasteiger partial charge in [0.25, 0.3) is 0 Å². The number of aliphatic imine (C=N–C) groups is 2. The van der Waals surface area contributed by atoms with Gasteiger partial charge < -0.3 is 0 Å². The molecule has 2 aromatic carbocycles. The Balaban J connectivity index is 2.73. The van der Waals surface area contributed by atoms with Gasteiger partial charge >= 0.3 is 12.4 Å². The first kappa shape index (κ1) is 26.2. The molecule has 2 atom stereocenters. The Kier molecular flexibility index (Phi) is 7.84. The van der Waals surface area contributed by atoms with Crippen LogP contribution < -0.4 is 0 Å². The topological polar surface area (TPSA) is 58.9 Å². The van der Waals surface area contributed by atoms with Gasteiger partial charge in [-0.15, -0.1) is 11.8 Å². The summed E-state index contributed by atoms with van der Waals surface area (Å²) in [6.45, 7) is 2.10. The third-order valence-electron chi connectivity index (χ3n) is 4.43. The van der Waals surface area contributed by atoms with Crippen LogP contribution in [-0.4, -0.2) is 24.5 Å². The Morgan fingerprint density at radius 2 is 1.06 bits per heavy atom. The molecule has 13 heteroatoms. The minimum Gasteiger partial charge on any atom is -0.211 e. The molecule has 0 N–H and O–H groups in total. The van der Waals surface area contributed by atoms with Crippen molar-refractivity contribution < 1.29 is 44.7 Å². The predicted molar refractivity (Wildman–Crippen MR) is 103 cm³/mol. The molecule has 0 spiro atoms. The molecule has 0 saturated heterocycles. The van der Waals surface area contributed by atoms with Crippen molar-refractivity contribution in [1.29, 1.82) is 0 Å². The van der Waals surface area contributed by atoms with Crippen LogP contribution in [0.25, 0.3) is 0 Å². The largest absolute Gasteiger partial charge is 0.404 e. The first-order valence-corrected chi connectivity index (χ1v) is 9.69. The van der Waals surface area contributed by atoms with E-state index in [0.29, 0.717) is 24.3 Å². The number of hydrogen-bond acceptors (Lipinski definition) is 5. The minimum absolute atomic E-state index is 0.338. The van der Waals surface area contributed by atoms with Crippen LogP contribution >= 0.6 is 11.8 Å². The molecule has 0 aliphatic rings. The van der Waals surface area contributed by atoms with Crippen molar-refractivity contribution in [2.75, 3.05) is 0 Å². The first-order chi connectivity index (χ1) is 15.2. The molecule has 2 aromatic rings. The van der Waals surface area contributed by atoms with Gasteiger partial charge in [-0.25, -0.2) is 18.4 Å². The number of aryl methyl sites for hydroxylation is 2. The quantitative estimate of drug-likeness (QED) is 0.242. The van der Waals surface area contributed by atoms with E-state index in [4.69, 9.17) is 0 Å². The normalized spacial score (nSPS) is 13.6. The standard InChI is InChI=1S/C20H12F8N2O2S/c1-9-3-13(21)15(29-7-31)5-11(9)17(19(23,24)25)33-18(20(26,27)28)12-6-16(30-8-32)14(22)4-10(12)2/h3-6,17-18H,1-2H3. The highest BCUT2D eigenvalue weighted by Crippen LogP contribution is 2.56. The van der Waals surface area contributed by atoms with Gasteiger partial charge in [0.15, 0.2) is 0 Å². The van der Waals surface area contributed by atoms with Crippen LogP contribution in [0.4, 0.5) is 46.5 Å². The summed E-state index contributed by atoms with van der Waals surface area (Å²) in [5, 5.41) is -5.68. The van der Waals surface area contributed by atoms with Crippen molar-refractivity contribution in [2.45, 2.75) is 36.7 Å². The number of halogens is 8. The first-order valence-electron chi connectivity index (χ1n) is 8.75. The molecule has 0 fully saturated rings. The molecular weight excluding hydrogens is 484 g/mol. The Morgan fingerprint density at radius 1 is 0.727 bits per heavy atom. The number of thioether (sulfide) groups is 1. The lowest BCUT2D eigenvalue weighted by molar-refractivity contribution is -0.136. The summed E-state index contributed by atoms with van der Waals surface area (Å²) in [6, 6.07) is 2.25. The van der Waals surface area contributed by atoms with E-state index in [1.165, 1.54) is 0 Å². The van der Waals surface area contributed by atoms with E-state index < -0.39 is 68.8 Å². The fourth-order valence-electron chi connectivity index (χ4n) is 2.98. The highest BCUT2D eigenvalue weighted by molar-refractivity contribution is 7.99. The zero-order chi connectivity index (χ0) is 25.1. The number of isocyanates is 2. The zero-order valence-corrected chi connectivity index (χ0v) is 17.4. The average molecular weight is 496 g/mol. The third-order valence-corrected chi connectivity index (χ3v) is 6.02. The summed E-state index contributed by atoms with van der Waals surface area (Å²) in [6.07, 6.45) is -8.59. The molecular formula is C20H12F8N2O2S. The Hall–Kier alpha value is -3.01. The number of hydrogen-bond donors (Lipinski definition) is 0. The summed E-state index contributed by atoms with van der Waals surface area (Å²) in [5.74, 6) is -2.33. The van der Waals surface area contributed by atoms with Gasteiger partial charge in [0, 0.05) is 0 Å². The third kappa shape index (κ3) is 6.07. The van der Waals surface area contributed by atoms with E-state index in [2.05, 4.69) is 9.98 Å². The van der Waals surface area contributed by atoms with Gasteiger partial charge in [0.05, 0.1) is 0 Å². The molecule has 0 bridgehead atoms. The maximum absolute atomic E-state index is 13.9. The lowest BCUT2D eigenvalue weighted by Gasteiger charge is -2.29. The smallest absolute Gasteiger partial charge is 0.211 e. The van der Waals surface area contributed by atoms with E-state index in [-0.39, 0.29) is 11.1 Å². The molecule has 0 saturated carbocycles. The van der Waals surface area contributed by atoms with E-state index in [0.717, 1.165) is 26.0 Å². The Labute approximate surface area is 185 Å². The van der Waals surface area contributed by atoms with Gasteiger partial charge in [0.1, 0.15) is 33.5 Å². The molecule has 0 aromatic heterocycles. The van der Waals surface area contributed by atoms with Crippen molar-refractivity contribution >= 4 is 35.3 Å². The second-order valence-electron chi connectivity index (χ2n) is 6.71. The lowest BCUT2D eigenvalue weighted by atomic mass is 10.0. The summed E-state index contributed by atoms with van der Waals surface area (Å²) in [5.41, 5.74) is -3.86. The number of rotatable bonds is 6. The highest BCUT2D eigenvalue weighted by Gasteiger charge is 2.50. The molecule has 2 rings (SSSR count). The van der Waals surface area contributed by atoms with Gasteiger partial charge in [0.2, 0.25) is 12.2 Å². The van der Waals surface area contributed by atoms with Crippen LogP contribution in [0.15, 0.2) is 34.3 Å². The van der Waals surface area contributed by atoms with Crippen LogP contribution in [0.3, 0.4) is 0 Å². The predicted octanol–water partition coefficient (Wildman–Crippen LogP) is 7.16. The lowest BCUT2D eigenvalue weighted by Crippen LogP contribution is -2.25. The van der Waals surface area contributed by atoms with Crippen LogP contribution in [0, 0.1) is 25.5 Å². The molecule has 0 radical (unpaired) electrons. The van der Waals surface area contributed by atoms with Crippen molar-refractivity contribution in [1.82, 2.24) is 0 Å². The molecule has 2 unspecified atom stereocenters. The molecule has 0 aliphatic carbocycles. The molecule has 176 valence electrons. The maximum Gasteiger partial charge on any atom is 0.404 e. The maximum atomic E-state index is 13.9. The zero-order valence-electron chi connectivity index (χ0n) is 16.6. The van der Waals surface area contributed by atoms with Gasteiger partial charge in [-0.1, -0.05) is 0 Å². The SMILES string of the molecule is Cc1cc(F)c(N=C=O)cc1C(SC(c1cc(N=C=O)c(F)cc1C)C(F)(F)F)C(F)(F)F. The summed E-state index contributed by atoms with van der Waals surface area (Å²) < 4.78 is 111. The van der Waals surface area contributed by atoms with Crippen LogP contribution in [0.2, 0.25) is 0 Å². The number of alkyl halides is 6. The highest BCUT2D eigenvalue weighted by atomic mass is 32.2. The van der Waals surface area contributed by atoms with Gasteiger partial charge in [-0.3, -0.25) is 0 Å². The van der Waals surface area contributed by atoms with E-state index in [1.807, 2.05) is 0 Å². The molecule has 4 nitrogen and oxygen atoms in total. The molecule has 33 heavy (non-hydrogen) atoms. The fourth-order valence-corrected chi connectivity index (χ4v) is 4.36. The second-order valence-corrected chi connectivity index (χ2v) is 7.92. The monoisotopic (exact) mass is 496 g/mol.